The molecule has 0 amide bonds. The fraction of sp³-hybridized carbons (Fsp3) is 0.500. The Hall–Kier alpha value is -0.170. The Balaban J connectivity index is 2.39. The third-order valence-electron chi connectivity index (χ3n) is 1.67. The largest absolute Gasteiger partial charge is 0.225 e. The van der Waals surface area contributed by atoms with Gasteiger partial charge in [0.05, 0.1) is 6.20 Å². The van der Waals surface area contributed by atoms with Crippen molar-refractivity contribution in [2.45, 2.75) is 20.3 Å². The normalized spacial score (nSPS) is 11.7. The molecule has 0 aliphatic carbocycles. The summed E-state index contributed by atoms with van der Waals surface area (Å²) in [7, 11) is 0. The van der Waals surface area contributed by atoms with Crippen LogP contribution in [-0.4, -0.2) is 14.6 Å². The van der Waals surface area contributed by atoms with Gasteiger partial charge in [-0.25, -0.2) is 4.98 Å². The van der Waals surface area contributed by atoms with Crippen molar-refractivity contribution in [1.82, 2.24) is 14.6 Å². The number of fused-ring (bicyclic) bond motifs is 1. The molecule has 5 heteroatoms. The van der Waals surface area contributed by atoms with E-state index in [1.807, 2.05) is 10.7 Å². The monoisotopic (exact) mass is 307 g/mol. The number of aromatic nitrogens is 3. The van der Waals surface area contributed by atoms with E-state index < -0.39 is 0 Å². The van der Waals surface area contributed by atoms with Gasteiger partial charge in [-0.2, -0.15) is 9.61 Å². The Morgan fingerprint density at radius 2 is 2.38 bits per heavy atom. The summed E-state index contributed by atoms with van der Waals surface area (Å²) in [6, 6.07) is 0. The van der Waals surface area contributed by atoms with E-state index in [1.54, 1.807) is 11.3 Å². The Bertz CT molecular complexity index is 418. The number of hydrogen-bond donors (Lipinski definition) is 0. The molecule has 0 radical (unpaired) electrons. The molecule has 0 aliphatic heterocycles. The van der Waals surface area contributed by atoms with Crippen LogP contribution in [0.2, 0.25) is 0 Å². The molecule has 0 aromatic carbocycles. The number of rotatable bonds is 2. The Morgan fingerprint density at radius 1 is 1.62 bits per heavy atom. The molecule has 0 saturated carbocycles. The van der Waals surface area contributed by atoms with Crippen molar-refractivity contribution in [3.05, 3.63) is 14.9 Å². The van der Waals surface area contributed by atoms with Gasteiger partial charge in [-0.05, 0) is 28.5 Å². The van der Waals surface area contributed by atoms with Crippen molar-refractivity contribution in [2.75, 3.05) is 0 Å². The van der Waals surface area contributed by atoms with Crippen LogP contribution >= 0.6 is 33.9 Å². The first-order valence-corrected chi connectivity index (χ1v) is 6.05. The molecule has 2 aromatic heterocycles. The van der Waals surface area contributed by atoms with Gasteiger partial charge in [0.2, 0.25) is 4.96 Å². The van der Waals surface area contributed by atoms with Crippen molar-refractivity contribution in [2.24, 2.45) is 5.92 Å². The van der Waals surface area contributed by atoms with Crippen LogP contribution in [0, 0.1) is 9.62 Å². The van der Waals surface area contributed by atoms with Crippen molar-refractivity contribution in [3.63, 3.8) is 0 Å². The summed E-state index contributed by atoms with van der Waals surface area (Å²) in [5.41, 5.74) is 0. The van der Waals surface area contributed by atoms with E-state index in [1.165, 1.54) is 5.01 Å². The molecule has 0 N–H and O–H groups in total. The second-order valence-corrected chi connectivity index (χ2v) is 5.51. The zero-order valence-electron chi connectivity index (χ0n) is 7.49. The first kappa shape index (κ1) is 9.39. The minimum absolute atomic E-state index is 0.661. The fourth-order valence-corrected chi connectivity index (χ4v) is 2.86. The highest BCUT2D eigenvalue weighted by Crippen LogP contribution is 2.18. The zero-order chi connectivity index (χ0) is 9.42. The van der Waals surface area contributed by atoms with Gasteiger partial charge in [-0.3, -0.25) is 0 Å². The van der Waals surface area contributed by atoms with Gasteiger partial charge in [0.25, 0.3) is 0 Å². The summed E-state index contributed by atoms with van der Waals surface area (Å²) in [5, 5.41) is 5.65. The molecule has 0 aliphatic rings. The SMILES string of the molecule is CC(C)Cc1nn2c(I)cnc2s1. The second kappa shape index (κ2) is 3.53. The first-order valence-electron chi connectivity index (χ1n) is 4.16. The van der Waals surface area contributed by atoms with Crippen LogP contribution in [0.1, 0.15) is 18.9 Å². The maximum atomic E-state index is 4.48. The molecule has 70 valence electrons. The molecule has 13 heavy (non-hydrogen) atoms. The van der Waals surface area contributed by atoms with Crippen LogP contribution in [-0.2, 0) is 6.42 Å². The van der Waals surface area contributed by atoms with E-state index in [9.17, 15) is 0 Å². The quantitative estimate of drug-likeness (QED) is 0.798. The van der Waals surface area contributed by atoms with Gasteiger partial charge < -0.3 is 0 Å². The average molecular weight is 307 g/mol. The van der Waals surface area contributed by atoms with Crippen molar-refractivity contribution >= 4 is 38.9 Å². The van der Waals surface area contributed by atoms with Gasteiger partial charge in [0.15, 0.2) is 0 Å². The van der Waals surface area contributed by atoms with Gasteiger partial charge in [-0.1, -0.05) is 25.2 Å². The van der Waals surface area contributed by atoms with E-state index in [-0.39, 0.29) is 0 Å². The number of imidazole rings is 1. The molecular weight excluding hydrogens is 297 g/mol. The molecule has 0 saturated heterocycles. The molecule has 2 aromatic rings. The van der Waals surface area contributed by atoms with Crippen LogP contribution in [0.4, 0.5) is 0 Å². The minimum Gasteiger partial charge on any atom is -0.225 e. The van der Waals surface area contributed by atoms with Gasteiger partial charge >= 0.3 is 0 Å². The molecule has 2 rings (SSSR count). The molecule has 0 fully saturated rings. The van der Waals surface area contributed by atoms with E-state index in [2.05, 4.69) is 46.5 Å². The summed E-state index contributed by atoms with van der Waals surface area (Å²) in [6.07, 6.45) is 2.89. The van der Waals surface area contributed by atoms with Gasteiger partial charge in [-0.15, -0.1) is 0 Å². The number of nitrogens with zero attached hydrogens (tertiary/aromatic N) is 3. The Morgan fingerprint density at radius 3 is 3.00 bits per heavy atom. The lowest BCUT2D eigenvalue weighted by atomic mass is 10.1. The first-order chi connectivity index (χ1) is 6.16. The van der Waals surface area contributed by atoms with Crippen LogP contribution in [0.5, 0.6) is 0 Å². The number of hydrogen-bond acceptors (Lipinski definition) is 3. The molecular formula is C8H10IN3S. The summed E-state index contributed by atoms with van der Waals surface area (Å²) in [5.74, 6) is 0.661. The van der Waals surface area contributed by atoms with Gasteiger partial charge in [0, 0.05) is 6.42 Å². The standard InChI is InChI=1S/C8H10IN3S/c1-5(2)3-7-11-12-6(9)4-10-8(12)13-7/h4-5H,3H2,1-2H3. The lowest BCUT2D eigenvalue weighted by Crippen LogP contribution is -1.95. The lowest BCUT2D eigenvalue weighted by Gasteiger charge is -1.97. The zero-order valence-corrected chi connectivity index (χ0v) is 10.5. The maximum absolute atomic E-state index is 4.48. The maximum Gasteiger partial charge on any atom is 0.213 e. The summed E-state index contributed by atoms with van der Waals surface area (Å²) in [4.78, 5) is 5.26. The highest BCUT2D eigenvalue weighted by molar-refractivity contribution is 14.1. The van der Waals surface area contributed by atoms with Crippen molar-refractivity contribution in [1.29, 1.82) is 0 Å². The molecule has 0 atom stereocenters. The van der Waals surface area contributed by atoms with E-state index in [0.29, 0.717) is 5.92 Å². The highest BCUT2D eigenvalue weighted by atomic mass is 127. The Labute approximate surface area is 94.3 Å². The molecule has 2 heterocycles. The van der Waals surface area contributed by atoms with E-state index in [4.69, 9.17) is 0 Å². The van der Waals surface area contributed by atoms with Crippen LogP contribution in [0.25, 0.3) is 4.96 Å². The van der Waals surface area contributed by atoms with Crippen molar-refractivity contribution < 1.29 is 0 Å². The Kier molecular flexibility index (Phi) is 2.55. The predicted molar refractivity (Wildman–Crippen MR) is 62.1 cm³/mol. The summed E-state index contributed by atoms with van der Waals surface area (Å²) >= 11 is 3.93. The van der Waals surface area contributed by atoms with E-state index >= 15 is 0 Å². The predicted octanol–water partition coefficient (Wildman–Crippen LogP) is 2.59. The fourth-order valence-electron chi connectivity index (χ4n) is 1.14. The third-order valence-corrected chi connectivity index (χ3v) is 3.35. The van der Waals surface area contributed by atoms with Crippen molar-refractivity contribution in [3.8, 4) is 0 Å². The second-order valence-electron chi connectivity index (χ2n) is 3.37. The van der Waals surface area contributed by atoms with Crippen LogP contribution in [0.15, 0.2) is 6.20 Å². The molecule has 0 unspecified atom stereocenters. The minimum atomic E-state index is 0.661. The topological polar surface area (TPSA) is 30.2 Å². The van der Waals surface area contributed by atoms with Crippen LogP contribution < -0.4 is 0 Å². The third kappa shape index (κ3) is 1.85. The highest BCUT2D eigenvalue weighted by Gasteiger charge is 2.08. The molecule has 3 nitrogen and oxygen atoms in total. The van der Waals surface area contributed by atoms with Crippen LogP contribution in [0.3, 0.4) is 0 Å². The lowest BCUT2D eigenvalue weighted by molar-refractivity contribution is 0.636. The summed E-state index contributed by atoms with van der Waals surface area (Å²) < 4.78 is 2.99. The molecule has 0 spiro atoms. The smallest absolute Gasteiger partial charge is 0.213 e. The number of halogens is 1. The molecule has 0 bridgehead atoms. The average Bonchev–Trinajstić information content (AvgIpc) is 2.53. The van der Waals surface area contributed by atoms with E-state index in [0.717, 1.165) is 15.1 Å². The summed E-state index contributed by atoms with van der Waals surface area (Å²) in [6.45, 7) is 4.41. The van der Waals surface area contributed by atoms with Gasteiger partial charge in [0.1, 0.15) is 8.71 Å².